The third kappa shape index (κ3) is 3.88. The number of carbonyl (C=O) groups is 1. The maximum Gasteiger partial charge on any atom is 0.240 e. The van der Waals surface area contributed by atoms with Crippen molar-refractivity contribution in [2.45, 2.75) is 51.7 Å². The molecule has 170 valence electrons. The molecule has 4 nitrogen and oxygen atoms in total. The van der Waals surface area contributed by atoms with Crippen molar-refractivity contribution in [1.29, 1.82) is 0 Å². The normalized spacial score (nSPS) is 31.2. The molecule has 0 radical (unpaired) electrons. The van der Waals surface area contributed by atoms with Gasteiger partial charge in [0, 0.05) is 38.1 Å². The molecule has 2 N–H and O–H groups in total. The van der Waals surface area contributed by atoms with Crippen LogP contribution in [0.3, 0.4) is 0 Å². The first kappa shape index (κ1) is 21.7. The lowest BCUT2D eigenvalue weighted by molar-refractivity contribution is -0.138. The summed E-state index contributed by atoms with van der Waals surface area (Å²) in [7, 11) is 0. The van der Waals surface area contributed by atoms with Crippen LogP contribution in [0.4, 0.5) is 0 Å². The fraction of sp³-hybridized carbons (Fsp3) is 0.536. The van der Waals surface area contributed by atoms with E-state index in [0.717, 1.165) is 38.0 Å². The number of nitrogens with zero attached hydrogens (tertiary/aromatic N) is 1. The third-order valence-corrected chi connectivity index (χ3v) is 8.09. The van der Waals surface area contributed by atoms with Gasteiger partial charge in [0.25, 0.3) is 0 Å². The highest BCUT2D eigenvalue weighted by Crippen LogP contribution is 2.53. The molecule has 0 unspecified atom stereocenters. The SMILES string of the molecule is Cc1ccc(CNC(=O)[C@@]23C[C@@H]4CN(CC(C)C)[C@@H]([C@@H]4CN2)[C@@H]3Cc2ccccc2)cc1. The average molecular weight is 432 g/mol. The number of carbonyl (C=O) groups excluding carboxylic acids is 1. The number of fused-ring (bicyclic) bond motifs is 1. The molecule has 32 heavy (non-hydrogen) atoms. The lowest BCUT2D eigenvalue weighted by atomic mass is 9.58. The van der Waals surface area contributed by atoms with E-state index in [1.54, 1.807) is 0 Å². The van der Waals surface area contributed by atoms with Gasteiger partial charge >= 0.3 is 0 Å². The van der Waals surface area contributed by atoms with Crippen molar-refractivity contribution in [3.05, 3.63) is 71.3 Å². The second kappa shape index (κ2) is 8.64. The molecular formula is C28H37N3O. The topological polar surface area (TPSA) is 44.4 Å². The first-order valence-corrected chi connectivity index (χ1v) is 12.3. The molecule has 6 rings (SSSR count). The van der Waals surface area contributed by atoms with Crippen LogP contribution in [0.2, 0.25) is 0 Å². The van der Waals surface area contributed by atoms with E-state index in [2.05, 4.69) is 90.9 Å². The maximum absolute atomic E-state index is 13.9. The van der Waals surface area contributed by atoms with Crippen molar-refractivity contribution in [2.24, 2.45) is 23.7 Å². The van der Waals surface area contributed by atoms with Gasteiger partial charge in [-0.15, -0.1) is 0 Å². The van der Waals surface area contributed by atoms with E-state index >= 15 is 0 Å². The van der Waals surface area contributed by atoms with Crippen LogP contribution in [0.25, 0.3) is 0 Å². The average Bonchev–Trinajstić information content (AvgIpc) is 3.08. The number of likely N-dealkylation sites (tertiary alicyclic amines) is 1. The third-order valence-electron chi connectivity index (χ3n) is 8.09. The van der Waals surface area contributed by atoms with E-state index in [1.807, 2.05) is 0 Å². The summed E-state index contributed by atoms with van der Waals surface area (Å²) in [5.74, 6) is 2.41. The molecule has 3 saturated heterocycles. The molecule has 1 amide bonds. The van der Waals surface area contributed by atoms with Gasteiger partial charge < -0.3 is 10.6 Å². The van der Waals surface area contributed by atoms with Crippen molar-refractivity contribution in [3.63, 3.8) is 0 Å². The Balaban J connectivity index is 1.43. The molecule has 3 aliphatic heterocycles. The van der Waals surface area contributed by atoms with Gasteiger partial charge in [0.05, 0.1) is 0 Å². The van der Waals surface area contributed by atoms with Gasteiger partial charge in [-0.05, 0) is 48.6 Å². The Bertz CT molecular complexity index is 941. The number of nitrogens with one attached hydrogen (secondary N) is 2. The number of aryl methyl sites for hydroxylation is 1. The van der Waals surface area contributed by atoms with E-state index in [1.165, 1.54) is 11.1 Å². The van der Waals surface area contributed by atoms with Crippen LogP contribution in [-0.4, -0.2) is 42.0 Å². The van der Waals surface area contributed by atoms with E-state index < -0.39 is 5.54 Å². The van der Waals surface area contributed by atoms with Crippen molar-refractivity contribution in [3.8, 4) is 0 Å². The smallest absolute Gasteiger partial charge is 0.240 e. The van der Waals surface area contributed by atoms with E-state index in [0.29, 0.717) is 36.3 Å². The van der Waals surface area contributed by atoms with Gasteiger partial charge in [0.2, 0.25) is 5.91 Å². The minimum atomic E-state index is -0.476. The Labute approximate surface area is 192 Å². The van der Waals surface area contributed by atoms with Crippen LogP contribution >= 0.6 is 0 Å². The maximum atomic E-state index is 13.9. The second-order valence-corrected chi connectivity index (χ2v) is 10.8. The first-order chi connectivity index (χ1) is 15.5. The number of hydrogen-bond donors (Lipinski definition) is 2. The molecular weight excluding hydrogens is 394 g/mol. The zero-order chi connectivity index (χ0) is 22.3. The number of hydrogen-bond acceptors (Lipinski definition) is 3. The quantitative estimate of drug-likeness (QED) is 0.701. The zero-order valence-electron chi connectivity index (χ0n) is 19.7. The van der Waals surface area contributed by atoms with Gasteiger partial charge in [0.1, 0.15) is 5.54 Å². The Morgan fingerprint density at radius 2 is 1.88 bits per heavy atom. The van der Waals surface area contributed by atoms with Crippen LogP contribution in [0.1, 0.15) is 37.0 Å². The highest BCUT2D eigenvalue weighted by atomic mass is 16.2. The molecule has 0 spiro atoms. The predicted molar refractivity (Wildman–Crippen MR) is 129 cm³/mol. The molecule has 1 aliphatic carbocycles. The summed E-state index contributed by atoms with van der Waals surface area (Å²) < 4.78 is 0. The Hall–Kier alpha value is -2.17. The lowest BCUT2D eigenvalue weighted by Crippen LogP contribution is -2.74. The van der Waals surface area contributed by atoms with Crippen LogP contribution in [0, 0.1) is 30.6 Å². The molecule has 5 atom stereocenters. The first-order valence-electron chi connectivity index (χ1n) is 12.3. The highest BCUT2D eigenvalue weighted by molar-refractivity contribution is 5.87. The Kier molecular flexibility index (Phi) is 5.85. The fourth-order valence-electron chi connectivity index (χ4n) is 6.74. The summed E-state index contributed by atoms with van der Waals surface area (Å²) >= 11 is 0. The van der Waals surface area contributed by atoms with Gasteiger partial charge in [-0.1, -0.05) is 74.0 Å². The van der Waals surface area contributed by atoms with Gasteiger partial charge in [0.15, 0.2) is 0 Å². The zero-order valence-corrected chi connectivity index (χ0v) is 19.7. The second-order valence-electron chi connectivity index (χ2n) is 10.8. The Morgan fingerprint density at radius 1 is 1.12 bits per heavy atom. The molecule has 2 aromatic rings. The molecule has 0 aromatic heterocycles. The summed E-state index contributed by atoms with van der Waals surface area (Å²) in [6.07, 6.45) is 1.91. The number of amides is 1. The summed E-state index contributed by atoms with van der Waals surface area (Å²) in [6.45, 7) is 10.6. The van der Waals surface area contributed by atoms with Crippen LogP contribution in [0.5, 0.6) is 0 Å². The fourth-order valence-corrected chi connectivity index (χ4v) is 6.74. The predicted octanol–water partition coefficient (Wildman–Crippen LogP) is 3.79. The number of benzene rings is 2. The summed E-state index contributed by atoms with van der Waals surface area (Å²) in [4.78, 5) is 16.6. The lowest BCUT2D eigenvalue weighted by Gasteiger charge is -2.56. The molecule has 4 aliphatic rings. The van der Waals surface area contributed by atoms with Crippen molar-refractivity contribution < 1.29 is 4.79 Å². The highest BCUT2D eigenvalue weighted by Gasteiger charge is 2.64. The van der Waals surface area contributed by atoms with Crippen LogP contribution < -0.4 is 10.6 Å². The summed E-state index contributed by atoms with van der Waals surface area (Å²) in [5, 5.41) is 7.11. The van der Waals surface area contributed by atoms with Crippen molar-refractivity contribution in [1.82, 2.24) is 15.5 Å². The molecule has 1 saturated carbocycles. The van der Waals surface area contributed by atoms with E-state index in [4.69, 9.17) is 0 Å². The standard InChI is InChI=1S/C28H37N3O/c1-19(2)17-31-18-23-14-28(27(32)29-15-22-11-9-20(3)10-12-22)25(26(31)24(23)16-30-28)13-21-7-5-4-6-8-21/h4-12,19,23-26,30H,13-18H2,1-3H3,(H,29,32)/t23-,24-,25+,26+,28+/m1/s1. The van der Waals surface area contributed by atoms with Gasteiger partial charge in [-0.3, -0.25) is 9.69 Å². The van der Waals surface area contributed by atoms with Gasteiger partial charge in [-0.25, -0.2) is 0 Å². The van der Waals surface area contributed by atoms with Crippen LogP contribution in [0.15, 0.2) is 54.6 Å². The minimum absolute atomic E-state index is 0.193. The largest absolute Gasteiger partial charge is 0.350 e. The monoisotopic (exact) mass is 431 g/mol. The van der Waals surface area contributed by atoms with Crippen molar-refractivity contribution in [2.75, 3.05) is 19.6 Å². The minimum Gasteiger partial charge on any atom is -0.350 e. The van der Waals surface area contributed by atoms with Crippen LogP contribution in [-0.2, 0) is 17.8 Å². The molecule has 4 heteroatoms. The number of piperidine rings is 2. The van der Waals surface area contributed by atoms with E-state index in [-0.39, 0.29) is 5.91 Å². The molecule has 4 bridgehead atoms. The van der Waals surface area contributed by atoms with E-state index in [9.17, 15) is 4.79 Å². The molecule has 3 heterocycles. The Morgan fingerprint density at radius 3 is 2.59 bits per heavy atom. The van der Waals surface area contributed by atoms with Gasteiger partial charge in [-0.2, -0.15) is 0 Å². The number of rotatable bonds is 7. The van der Waals surface area contributed by atoms with Crippen molar-refractivity contribution >= 4 is 5.91 Å². The summed E-state index contributed by atoms with van der Waals surface area (Å²) in [5.41, 5.74) is 3.27. The molecule has 4 fully saturated rings. The summed E-state index contributed by atoms with van der Waals surface area (Å²) in [6, 6.07) is 19.7. The molecule has 2 aromatic carbocycles.